The van der Waals surface area contributed by atoms with Crippen molar-refractivity contribution in [1.82, 2.24) is 5.32 Å². The van der Waals surface area contributed by atoms with Crippen molar-refractivity contribution in [2.24, 2.45) is 5.92 Å². The fourth-order valence-corrected chi connectivity index (χ4v) is 1.19. The monoisotopic (exact) mass is 201 g/mol. The second-order valence-corrected chi connectivity index (χ2v) is 3.63. The standard InChI is InChI=1S/C10H19NO3/c1-4-5-7(2)9(13)10(14)11-6-8(3)12/h7,9,13H,4-6H2,1-3H3,(H,11,14). The van der Waals surface area contributed by atoms with E-state index in [9.17, 15) is 14.7 Å². The Morgan fingerprint density at radius 3 is 2.43 bits per heavy atom. The van der Waals surface area contributed by atoms with Crippen molar-refractivity contribution in [3.63, 3.8) is 0 Å². The number of aliphatic hydroxyl groups is 1. The zero-order chi connectivity index (χ0) is 11.1. The van der Waals surface area contributed by atoms with Crippen molar-refractivity contribution >= 4 is 11.7 Å². The Bertz CT molecular complexity index is 204. The summed E-state index contributed by atoms with van der Waals surface area (Å²) in [7, 11) is 0. The Kier molecular flexibility index (Phi) is 6.12. The molecule has 0 aromatic carbocycles. The van der Waals surface area contributed by atoms with E-state index in [1.165, 1.54) is 6.92 Å². The number of amides is 1. The lowest BCUT2D eigenvalue weighted by Crippen LogP contribution is -2.40. The summed E-state index contributed by atoms with van der Waals surface area (Å²) in [5.41, 5.74) is 0. The van der Waals surface area contributed by atoms with Gasteiger partial charge in [-0.3, -0.25) is 9.59 Å². The summed E-state index contributed by atoms with van der Waals surface area (Å²) in [6.45, 7) is 5.20. The first kappa shape index (κ1) is 13.1. The van der Waals surface area contributed by atoms with Gasteiger partial charge in [0.05, 0.1) is 6.54 Å². The maximum Gasteiger partial charge on any atom is 0.249 e. The molecular weight excluding hydrogens is 182 g/mol. The van der Waals surface area contributed by atoms with Crippen LogP contribution in [-0.4, -0.2) is 29.4 Å². The predicted molar refractivity (Wildman–Crippen MR) is 53.8 cm³/mol. The summed E-state index contributed by atoms with van der Waals surface area (Å²) in [5.74, 6) is -0.637. The fourth-order valence-electron chi connectivity index (χ4n) is 1.19. The van der Waals surface area contributed by atoms with Gasteiger partial charge in [0.1, 0.15) is 11.9 Å². The minimum absolute atomic E-state index is 0.00522. The molecule has 0 aromatic rings. The predicted octanol–water partition coefficient (Wildman–Crippen LogP) is 0.489. The molecule has 0 spiro atoms. The number of Topliss-reactive ketones (excluding diaryl/α,β-unsaturated/α-hetero) is 1. The zero-order valence-electron chi connectivity index (χ0n) is 9.04. The van der Waals surface area contributed by atoms with Gasteiger partial charge in [-0.1, -0.05) is 20.3 Å². The molecule has 82 valence electrons. The van der Waals surface area contributed by atoms with E-state index >= 15 is 0 Å². The summed E-state index contributed by atoms with van der Waals surface area (Å²) in [4.78, 5) is 21.8. The molecule has 14 heavy (non-hydrogen) atoms. The van der Waals surface area contributed by atoms with Gasteiger partial charge < -0.3 is 10.4 Å². The number of nitrogens with one attached hydrogen (secondary N) is 1. The van der Waals surface area contributed by atoms with Crippen LogP contribution in [0, 0.1) is 5.92 Å². The van der Waals surface area contributed by atoms with Crippen LogP contribution in [0.4, 0.5) is 0 Å². The number of aliphatic hydroxyl groups excluding tert-OH is 1. The molecule has 0 fully saturated rings. The van der Waals surface area contributed by atoms with Crippen LogP contribution < -0.4 is 5.32 Å². The third-order valence-electron chi connectivity index (χ3n) is 2.06. The lowest BCUT2D eigenvalue weighted by molar-refractivity contribution is -0.133. The molecular formula is C10H19NO3. The second kappa shape index (κ2) is 6.54. The Hall–Kier alpha value is -0.900. The van der Waals surface area contributed by atoms with Crippen molar-refractivity contribution < 1.29 is 14.7 Å². The van der Waals surface area contributed by atoms with Gasteiger partial charge in [0.15, 0.2) is 0 Å². The van der Waals surface area contributed by atoms with Gasteiger partial charge in [-0.15, -0.1) is 0 Å². The van der Waals surface area contributed by atoms with Crippen LogP contribution in [0.1, 0.15) is 33.6 Å². The first-order valence-electron chi connectivity index (χ1n) is 4.94. The number of rotatable bonds is 6. The molecule has 0 bridgehead atoms. The quantitative estimate of drug-likeness (QED) is 0.657. The summed E-state index contributed by atoms with van der Waals surface area (Å²) in [6.07, 6.45) is 0.724. The van der Waals surface area contributed by atoms with E-state index in [0.29, 0.717) is 0 Å². The van der Waals surface area contributed by atoms with E-state index in [2.05, 4.69) is 5.32 Å². The van der Waals surface area contributed by atoms with Crippen molar-refractivity contribution in [3.05, 3.63) is 0 Å². The van der Waals surface area contributed by atoms with Crippen LogP contribution in [0.3, 0.4) is 0 Å². The van der Waals surface area contributed by atoms with Crippen LogP contribution in [0.15, 0.2) is 0 Å². The Balaban J connectivity index is 3.91. The Morgan fingerprint density at radius 2 is 2.00 bits per heavy atom. The molecule has 2 atom stereocenters. The highest BCUT2D eigenvalue weighted by atomic mass is 16.3. The van der Waals surface area contributed by atoms with Crippen LogP contribution in [0.2, 0.25) is 0 Å². The molecule has 2 unspecified atom stereocenters. The van der Waals surface area contributed by atoms with Crippen LogP contribution in [0.25, 0.3) is 0 Å². The third-order valence-corrected chi connectivity index (χ3v) is 2.06. The number of hydrogen-bond acceptors (Lipinski definition) is 3. The highest BCUT2D eigenvalue weighted by Crippen LogP contribution is 2.10. The van der Waals surface area contributed by atoms with Crippen molar-refractivity contribution in [2.45, 2.75) is 39.7 Å². The Morgan fingerprint density at radius 1 is 1.43 bits per heavy atom. The molecule has 0 saturated heterocycles. The Labute approximate surface area is 84.7 Å². The van der Waals surface area contributed by atoms with Gasteiger partial charge in [0.2, 0.25) is 5.91 Å². The molecule has 4 heteroatoms. The van der Waals surface area contributed by atoms with Gasteiger partial charge >= 0.3 is 0 Å². The second-order valence-electron chi connectivity index (χ2n) is 3.63. The summed E-state index contributed by atoms with van der Waals surface area (Å²) in [5, 5.41) is 11.9. The molecule has 0 saturated carbocycles. The van der Waals surface area contributed by atoms with Gasteiger partial charge in [-0.25, -0.2) is 0 Å². The van der Waals surface area contributed by atoms with E-state index < -0.39 is 12.0 Å². The SMILES string of the molecule is CCCC(C)C(O)C(=O)NCC(C)=O. The molecule has 0 radical (unpaired) electrons. The number of ketones is 1. The van der Waals surface area contributed by atoms with E-state index in [4.69, 9.17) is 0 Å². The van der Waals surface area contributed by atoms with E-state index in [-0.39, 0.29) is 18.2 Å². The maximum absolute atomic E-state index is 11.3. The maximum atomic E-state index is 11.3. The van der Waals surface area contributed by atoms with Gasteiger partial charge in [-0.2, -0.15) is 0 Å². The number of carbonyl (C=O) groups excluding carboxylic acids is 2. The lowest BCUT2D eigenvalue weighted by Gasteiger charge is -2.17. The van der Waals surface area contributed by atoms with Crippen LogP contribution >= 0.6 is 0 Å². The first-order valence-corrected chi connectivity index (χ1v) is 4.94. The van der Waals surface area contributed by atoms with Crippen molar-refractivity contribution in [2.75, 3.05) is 6.54 Å². The average Bonchev–Trinajstić information content (AvgIpc) is 2.13. The molecule has 0 aliphatic rings. The fraction of sp³-hybridized carbons (Fsp3) is 0.800. The molecule has 0 aliphatic heterocycles. The van der Waals surface area contributed by atoms with Gasteiger partial charge in [0, 0.05) is 0 Å². The van der Waals surface area contributed by atoms with Gasteiger partial charge in [0.25, 0.3) is 0 Å². The van der Waals surface area contributed by atoms with E-state index in [0.717, 1.165) is 12.8 Å². The normalized spacial score (nSPS) is 14.6. The smallest absolute Gasteiger partial charge is 0.249 e. The molecule has 4 nitrogen and oxygen atoms in total. The summed E-state index contributed by atoms with van der Waals surface area (Å²) >= 11 is 0. The molecule has 2 N–H and O–H groups in total. The first-order chi connectivity index (χ1) is 6.49. The van der Waals surface area contributed by atoms with Gasteiger partial charge in [-0.05, 0) is 19.3 Å². The highest BCUT2D eigenvalue weighted by molar-refractivity contribution is 5.86. The number of carbonyl (C=O) groups is 2. The number of hydrogen-bond donors (Lipinski definition) is 2. The summed E-state index contributed by atoms with van der Waals surface area (Å²) in [6, 6.07) is 0. The molecule has 1 amide bonds. The minimum atomic E-state index is -1.01. The van der Waals surface area contributed by atoms with Crippen LogP contribution in [-0.2, 0) is 9.59 Å². The highest BCUT2D eigenvalue weighted by Gasteiger charge is 2.21. The van der Waals surface area contributed by atoms with E-state index in [1.807, 2.05) is 13.8 Å². The molecule has 0 aromatic heterocycles. The zero-order valence-corrected chi connectivity index (χ0v) is 9.04. The van der Waals surface area contributed by atoms with Crippen molar-refractivity contribution in [1.29, 1.82) is 0 Å². The van der Waals surface area contributed by atoms with E-state index in [1.54, 1.807) is 0 Å². The largest absolute Gasteiger partial charge is 0.383 e. The average molecular weight is 201 g/mol. The van der Waals surface area contributed by atoms with Crippen LogP contribution in [0.5, 0.6) is 0 Å². The molecule has 0 aliphatic carbocycles. The topological polar surface area (TPSA) is 66.4 Å². The summed E-state index contributed by atoms with van der Waals surface area (Å²) < 4.78 is 0. The molecule has 0 heterocycles. The third kappa shape index (κ3) is 4.97. The van der Waals surface area contributed by atoms with Crippen molar-refractivity contribution in [3.8, 4) is 0 Å². The minimum Gasteiger partial charge on any atom is -0.383 e. The molecule has 0 rings (SSSR count). The lowest BCUT2D eigenvalue weighted by atomic mass is 9.99.